The largest absolute Gasteiger partial charge is 0.376 e. The first kappa shape index (κ1) is 9.46. The van der Waals surface area contributed by atoms with Crippen LogP contribution < -0.4 is 5.49 Å². The van der Waals surface area contributed by atoms with Gasteiger partial charge >= 0.3 is 0 Å². The van der Waals surface area contributed by atoms with E-state index >= 15 is 0 Å². The Kier molecular flexibility index (Phi) is 2.68. The molecule has 1 fully saturated rings. The van der Waals surface area contributed by atoms with Crippen LogP contribution >= 0.6 is 0 Å². The highest BCUT2D eigenvalue weighted by Gasteiger charge is 2.15. The molecular weight excluding hydrogens is 176 g/mol. The number of pyridine rings is 1. The number of nitrogens with zero attached hydrogens (tertiary/aromatic N) is 1. The zero-order chi connectivity index (χ0) is 9.97. The van der Waals surface area contributed by atoms with Crippen LogP contribution in [0.25, 0.3) is 0 Å². The molecular formula is C11H16N2O. The standard InChI is InChI=1S/C11H16N2O/c1-9-4-5-11(12)13(7-9)8-10-3-2-6-14-10/h4-5,7,10,12H,2-3,6,8H2,1H3. The minimum Gasteiger partial charge on any atom is -0.376 e. The van der Waals surface area contributed by atoms with Crippen molar-refractivity contribution in [3.8, 4) is 0 Å². The maximum absolute atomic E-state index is 7.74. The van der Waals surface area contributed by atoms with Gasteiger partial charge in [0.05, 0.1) is 12.6 Å². The SMILES string of the molecule is Cc1ccc(=N)n(CC2CCCO2)c1. The Bertz CT molecular complexity index is 364. The van der Waals surface area contributed by atoms with E-state index < -0.39 is 0 Å². The van der Waals surface area contributed by atoms with Crippen molar-refractivity contribution in [2.75, 3.05) is 6.61 Å². The van der Waals surface area contributed by atoms with Crippen LogP contribution in [0.5, 0.6) is 0 Å². The zero-order valence-electron chi connectivity index (χ0n) is 8.49. The molecule has 3 nitrogen and oxygen atoms in total. The van der Waals surface area contributed by atoms with Crippen molar-refractivity contribution in [1.29, 1.82) is 5.41 Å². The number of hydrogen-bond donors (Lipinski definition) is 1. The van der Waals surface area contributed by atoms with Gasteiger partial charge in [-0.15, -0.1) is 0 Å². The number of nitrogens with one attached hydrogen (secondary N) is 1. The summed E-state index contributed by atoms with van der Waals surface area (Å²) in [5.41, 5.74) is 1.75. The number of aryl methyl sites for hydroxylation is 1. The molecule has 1 saturated heterocycles. The third-order valence-electron chi connectivity index (χ3n) is 2.60. The van der Waals surface area contributed by atoms with Crippen molar-refractivity contribution >= 4 is 0 Å². The summed E-state index contributed by atoms with van der Waals surface area (Å²) < 4.78 is 7.51. The second-order valence-corrected chi connectivity index (χ2v) is 3.88. The molecule has 0 aliphatic carbocycles. The normalized spacial score (nSPS) is 21.4. The predicted molar refractivity (Wildman–Crippen MR) is 54.0 cm³/mol. The van der Waals surface area contributed by atoms with E-state index in [1.807, 2.05) is 29.8 Å². The molecule has 0 amide bonds. The predicted octanol–water partition coefficient (Wildman–Crippen LogP) is 1.45. The molecule has 76 valence electrons. The zero-order valence-corrected chi connectivity index (χ0v) is 8.49. The Balaban J connectivity index is 2.15. The molecule has 3 heteroatoms. The van der Waals surface area contributed by atoms with Crippen LogP contribution in [-0.4, -0.2) is 17.3 Å². The Hall–Kier alpha value is -1.09. The van der Waals surface area contributed by atoms with Crippen LogP contribution in [0.1, 0.15) is 18.4 Å². The summed E-state index contributed by atoms with van der Waals surface area (Å²) in [6, 6.07) is 3.80. The van der Waals surface area contributed by atoms with E-state index in [9.17, 15) is 0 Å². The molecule has 1 N–H and O–H groups in total. The first-order chi connectivity index (χ1) is 6.75. The molecule has 14 heavy (non-hydrogen) atoms. The average molecular weight is 192 g/mol. The van der Waals surface area contributed by atoms with E-state index in [-0.39, 0.29) is 0 Å². The van der Waals surface area contributed by atoms with E-state index in [2.05, 4.69) is 0 Å². The molecule has 0 saturated carbocycles. The van der Waals surface area contributed by atoms with Crippen molar-refractivity contribution in [1.82, 2.24) is 4.57 Å². The molecule has 0 spiro atoms. The number of ether oxygens (including phenoxy) is 1. The van der Waals surface area contributed by atoms with Crippen LogP contribution in [0.3, 0.4) is 0 Å². The van der Waals surface area contributed by atoms with Crippen LogP contribution in [-0.2, 0) is 11.3 Å². The van der Waals surface area contributed by atoms with Crippen LogP contribution in [0.15, 0.2) is 18.3 Å². The Morgan fingerprint density at radius 2 is 2.43 bits per heavy atom. The lowest BCUT2D eigenvalue weighted by Gasteiger charge is -2.12. The minimum atomic E-state index is 0.311. The summed E-state index contributed by atoms with van der Waals surface area (Å²) in [5.74, 6) is 0. The molecule has 1 atom stereocenters. The molecule has 0 bridgehead atoms. The van der Waals surface area contributed by atoms with E-state index in [0.29, 0.717) is 11.6 Å². The monoisotopic (exact) mass is 192 g/mol. The lowest BCUT2D eigenvalue weighted by molar-refractivity contribution is 0.0958. The third-order valence-corrected chi connectivity index (χ3v) is 2.60. The molecule has 1 aromatic rings. The van der Waals surface area contributed by atoms with Gasteiger partial charge in [0.25, 0.3) is 0 Å². The van der Waals surface area contributed by atoms with Gasteiger partial charge in [0.15, 0.2) is 0 Å². The lowest BCUT2D eigenvalue weighted by atomic mass is 10.2. The fraction of sp³-hybridized carbons (Fsp3) is 0.545. The van der Waals surface area contributed by atoms with Gasteiger partial charge in [-0.25, -0.2) is 0 Å². The third kappa shape index (κ3) is 2.04. The smallest absolute Gasteiger partial charge is 0.124 e. The van der Waals surface area contributed by atoms with Gasteiger partial charge in [-0.05, 0) is 31.4 Å². The van der Waals surface area contributed by atoms with E-state index in [1.54, 1.807) is 0 Å². The van der Waals surface area contributed by atoms with Crippen LogP contribution in [0.4, 0.5) is 0 Å². The van der Waals surface area contributed by atoms with E-state index in [0.717, 1.165) is 26.0 Å². The highest BCUT2D eigenvalue weighted by atomic mass is 16.5. The Labute approximate surface area is 83.8 Å². The van der Waals surface area contributed by atoms with Crippen molar-refractivity contribution < 1.29 is 4.74 Å². The number of aromatic nitrogens is 1. The molecule has 2 heterocycles. The first-order valence-corrected chi connectivity index (χ1v) is 5.09. The molecule has 2 rings (SSSR count). The van der Waals surface area contributed by atoms with Gasteiger partial charge < -0.3 is 9.30 Å². The summed E-state index contributed by atoms with van der Waals surface area (Å²) in [6.07, 6.45) is 4.61. The Morgan fingerprint density at radius 3 is 3.14 bits per heavy atom. The quantitative estimate of drug-likeness (QED) is 0.756. The van der Waals surface area contributed by atoms with Gasteiger partial charge in [0, 0.05) is 12.8 Å². The summed E-state index contributed by atoms with van der Waals surface area (Å²) >= 11 is 0. The van der Waals surface area contributed by atoms with Gasteiger partial charge in [0.1, 0.15) is 5.49 Å². The highest BCUT2D eigenvalue weighted by Crippen LogP contribution is 2.13. The summed E-state index contributed by atoms with van der Waals surface area (Å²) in [6.45, 7) is 3.75. The van der Waals surface area contributed by atoms with Gasteiger partial charge in [-0.3, -0.25) is 5.41 Å². The lowest BCUT2D eigenvalue weighted by Crippen LogP contribution is -2.25. The fourth-order valence-corrected chi connectivity index (χ4v) is 1.82. The second kappa shape index (κ2) is 3.96. The maximum Gasteiger partial charge on any atom is 0.124 e. The molecule has 1 unspecified atom stereocenters. The van der Waals surface area contributed by atoms with E-state index in [4.69, 9.17) is 10.1 Å². The highest BCUT2D eigenvalue weighted by molar-refractivity contribution is 5.06. The molecule has 1 aliphatic heterocycles. The first-order valence-electron chi connectivity index (χ1n) is 5.09. The molecule has 1 aliphatic rings. The van der Waals surface area contributed by atoms with Crippen molar-refractivity contribution in [2.24, 2.45) is 0 Å². The second-order valence-electron chi connectivity index (χ2n) is 3.88. The molecule has 0 radical (unpaired) electrons. The summed E-state index contributed by atoms with van der Waals surface area (Å²) in [5, 5.41) is 7.74. The van der Waals surface area contributed by atoms with Gasteiger partial charge in [-0.2, -0.15) is 0 Å². The van der Waals surface area contributed by atoms with Crippen molar-refractivity contribution in [2.45, 2.75) is 32.4 Å². The number of hydrogen-bond acceptors (Lipinski definition) is 2. The topological polar surface area (TPSA) is 38.0 Å². The maximum atomic E-state index is 7.74. The number of rotatable bonds is 2. The van der Waals surface area contributed by atoms with Crippen LogP contribution in [0, 0.1) is 12.3 Å². The van der Waals surface area contributed by atoms with Gasteiger partial charge in [-0.1, -0.05) is 6.07 Å². The van der Waals surface area contributed by atoms with Crippen LogP contribution in [0.2, 0.25) is 0 Å². The van der Waals surface area contributed by atoms with Crippen molar-refractivity contribution in [3.63, 3.8) is 0 Å². The Morgan fingerprint density at radius 1 is 1.57 bits per heavy atom. The fourth-order valence-electron chi connectivity index (χ4n) is 1.82. The van der Waals surface area contributed by atoms with E-state index in [1.165, 1.54) is 5.56 Å². The minimum absolute atomic E-state index is 0.311. The van der Waals surface area contributed by atoms with Crippen molar-refractivity contribution in [3.05, 3.63) is 29.4 Å². The molecule has 0 aromatic carbocycles. The molecule has 1 aromatic heterocycles. The summed E-state index contributed by atoms with van der Waals surface area (Å²) in [4.78, 5) is 0. The average Bonchev–Trinajstić information content (AvgIpc) is 2.64. The van der Waals surface area contributed by atoms with Gasteiger partial charge in [0.2, 0.25) is 0 Å². The summed E-state index contributed by atoms with van der Waals surface area (Å²) in [7, 11) is 0.